The van der Waals surface area contributed by atoms with Gasteiger partial charge in [-0.1, -0.05) is 12.8 Å². The van der Waals surface area contributed by atoms with Crippen molar-refractivity contribution in [2.75, 3.05) is 0 Å². The van der Waals surface area contributed by atoms with E-state index in [2.05, 4.69) is 0 Å². The number of hydrogen-bond acceptors (Lipinski definition) is 3. The molecule has 4 heteroatoms. The van der Waals surface area contributed by atoms with Gasteiger partial charge in [0.15, 0.2) is 0 Å². The Labute approximate surface area is 95.2 Å². The molecule has 1 spiro atoms. The lowest BCUT2D eigenvalue weighted by Gasteiger charge is -2.38. The maximum Gasteiger partial charge on any atom is 0.236 e. The molecule has 2 saturated carbocycles. The summed E-state index contributed by atoms with van der Waals surface area (Å²) in [6.45, 7) is 0. The lowest BCUT2D eigenvalue weighted by Crippen LogP contribution is -2.53. The van der Waals surface area contributed by atoms with E-state index in [-0.39, 0.29) is 29.3 Å². The Bertz CT molecular complexity index is 341. The van der Waals surface area contributed by atoms with Crippen LogP contribution in [0.25, 0.3) is 0 Å². The van der Waals surface area contributed by atoms with Crippen LogP contribution in [0.3, 0.4) is 0 Å². The molecule has 0 unspecified atom stereocenters. The first-order valence-corrected chi connectivity index (χ1v) is 6.24. The second kappa shape index (κ2) is 3.29. The molecule has 0 bridgehead atoms. The highest BCUT2D eigenvalue weighted by atomic mass is 16.2. The van der Waals surface area contributed by atoms with E-state index < -0.39 is 0 Å². The molecule has 0 atom stereocenters. The normalized spacial score (nSPS) is 37.2. The molecule has 0 radical (unpaired) electrons. The summed E-state index contributed by atoms with van der Waals surface area (Å²) in [6.07, 6.45) is 6.06. The predicted octanol–water partition coefficient (Wildman–Crippen LogP) is 0.795. The highest BCUT2D eigenvalue weighted by Gasteiger charge is 2.55. The number of amides is 2. The van der Waals surface area contributed by atoms with Crippen molar-refractivity contribution in [3.63, 3.8) is 0 Å². The van der Waals surface area contributed by atoms with Crippen molar-refractivity contribution in [1.29, 1.82) is 0 Å². The Balaban J connectivity index is 1.80. The largest absolute Gasteiger partial charge is 0.328 e. The Morgan fingerprint density at radius 1 is 1.19 bits per heavy atom. The maximum atomic E-state index is 12.3. The number of rotatable bonds is 1. The number of carbonyl (C=O) groups excluding carboxylic acids is 2. The summed E-state index contributed by atoms with van der Waals surface area (Å²) in [6, 6.07) is 0.292. The van der Waals surface area contributed by atoms with Crippen molar-refractivity contribution in [2.45, 2.75) is 57.0 Å². The minimum absolute atomic E-state index is 0.0452. The van der Waals surface area contributed by atoms with Crippen LogP contribution in [0.1, 0.15) is 44.9 Å². The second-order valence-electron chi connectivity index (χ2n) is 5.62. The zero-order valence-corrected chi connectivity index (χ0v) is 9.45. The van der Waals surface area contributed by atoms with Crippen LogP contribution in [0, 0.1) is 5.41 Å². The van der Waals surface area contributed by atoms with Crippen molar-refractivity contribution >= 4 is 11.8 Å². The number of nitrogens with two attached hydrogens (primary N) is 1. The predicted molar refractivity (Wildman–Crippen MR) is 58.4 cm³/mol. The highest BCUT2D eigenvalue weighted by Crippen LogP contribution is 2.48. The van der Waals surface area contributed by atoms with E-state index in [0.717, 1.165) is 38.5 Å². The smallest absolute Gasteiger partial charge is 0.236 e. The van der Waals surface area contributed by atoms with Gasteiger partial charge in [-0.3, -0.25) is 14.5 Å². The topological polar surface area (TPSA) is 63.4 Å². The molecule has 0 aromatic carbocycles. The molecule has 3 rings (SSSR count). The molecule has 88 valence electrons. The third kappa shape index (κ3) is 1.25. The molecule has 3 fully saturated rings. The summed E-state index contributed by atoms with van der Waals surface area (Å²) in [5.41, 5.74) is 5.41. The fourth-order valence-electron chi connectivity index (χ4n) is 3.47. The molecule has 16 heavy (non-hydrogen) atoms. The number of hydrogen-bond donors (Lipinski definition) is 1. The number of carbonyl (C=O) groups is 2. The van der Waals surface area contributed by atoms with Gasteiger partial charge in [0.1, 0.15) is 0 Å². The number of nitrogens with zero attached hydrogens (tertiary/aromatic N) is 1. The van der Waals surface area contributed by atoms with E-state index in [0.29, 0.717) is 6.42 Å². The van der Waals surface area contributed by atoms with Crippen LogP contribution in [0.2, 0.25) is 0 Å². The summed E-state index contributed by atoms with van der Waals surface area (Å²) in [4.78, 5) is 25.8. The Morgan fingerprint density at radius 3 is 2.38 bits per heavy atom. The Hall–Kier alpha value is -0.900. The molecule has 0 aromatic rings. The molecule has 3 aliphatic rings. The van der Waals surface area contributed by atoms with Gasteiger partial charge in [-0.05, 0) is 25.7 Å². The Morgan fingerprint density at radius 2 is 1.81 bits per heavy atom. The molecule has 2 amide bonds. The second-order valence-corrected chi connectivity index (χ2v) is 5.62. The van der Waals surface area contributed by atoms with Crippen molar-refractivity contribution in [2.24, 2.45) is 11.1 Å². The molecule has 1 saturated heterocycles. The molecule has 4 nitrogen and oxygen atoms in total. The van der Waals surface area contributed by atoms with Gasteiger partial charge in [0.25, 0.3) is 0 Å². The van der Waals surface area contributed by atoms with Crippen LogP contribution in [0.5, 0.6) is 0 Å². The molecule has 2 aliphatic carbocycles. The SMILES string of the molecule is NC1CC(N2C(=O)CC3(CCCC3)C2=O)C1. The van der Waals surface area contributed by atoms with E-state index in [4.69, 9.17) is 5.73 Å². The van der Waals surface area contributed by atoms with Crippen molar-refractivity contribution < 1.29 is 9.59 Å². The van der Waals surface area contributed by atoms with E-state index in [1.54, 1.807) is 0 Å². The van der Waals surface area contributed by atoms with Crippen LogP contribution < -0.4 is 5.73 Å². The third-order valence-corrected chi connectivity index (χ3v) is 4.51. The number of imide groups is 1. The molecule has 2 N–H and O–H groups in total. The third-order valence-electron chi connectivity index (χ3n) is 4.51. The van der Waals surface area contributed by atoms with Crippen LogP contribution in [0.15, 0.2) is 0 Å². The summed E-state index contributed by atoms with van der Waals surface area (Å²) in [5, 5.41) is 0. The first-order valence-electron chi connectivity index (χ1n) is 6.24. The van der Waals surface area contributed by atoms with Crippen molar-refractivity contribution in [1.82, 2.24) is 4.90 Å². The Kier molecular flexibility index (Phi) is 2.11. The fourth-order valence-corrected chi connectivity index (χ4v) is 3.47. The van der Waals surface area contributed by atoms with E-state index in [1.807, 2.05) is 0 Å². The van der Waals surface area contributed by atoms with Gasteiger partial charge in [-0.25, -0.2) is 0 Å². The van der Waals surface area contributed by atoms with Crippen molar-refractivity contribution in [3.8, 4) is 0 Å². The molecular formula is C12H18N2O2. The molecular weight excluding hydrogens is 204 g/mol. The lowest BCUT2D eigenvalue weighted by atomic mass is 9.83. The average Bonchev–Trinajstić information content (AvgIpc) is 2.72. The minimum atomic E-state index is -0.309. The monoisotopic (exact) mass is 222 g/mol. The van der Waals surface area contributed by atoms with Gasteiger partial charge >= 0.3 is 0 Å². The van der Waals surface area contributed by atoms with Gasteiger partial charge in [0.05, 0.1) is 5.41 Å². The van der Waals surface area contributed by atoms with Gasteiger partial charge in [0.2, 0.25) is 11.8 Å². The average molecular weight is 222 g/mol. The van der Waals surface area contributed by atoms with Gasteiger partial charge in [0, 0.05) is 18.5 Å². The quantitative estimate of drug-likeness (QED) is 0.667. The maximum absolute atomic E-state index is 12.3. The van der Waals surface area contributed by atoms with Crippen LogP contribution in [-0.4, -0.2) is 28.8 Å². The van der Waals surface area contributed by atoms with Crippen LogP contribution in [-0.2, 0) is 9.59 Å². The molecule has 1 heterocycles. The minimum Gasteiger partial charge on any atom is -0.328 e. The molecule has 0 aromatic heterocycles. The summed E-state index contributed by atoms with van der Waals surface area (Å²) in [7, 11) is 0. The van der Waals surface area contributed by atoms with Gasteiger partial charge < -0.3 is 5.73 Å². The highest BCUT2D eigenvalue weighted by molar-refractivity contribution is 6.06. The van der Waals surface area contributed by atoms with Gasteiger partial charge in [-0.15, -0.1) is 0 Å². The first-order chi connectivity index (χ1) is 7.62. The summed E-state index contributed by atoms with van der Waals surface area (Å²) >= 11 is 0. The van der Waals surface area contributed by atoms with Crippen LogP contribution >= 0.6 is 0 Å². The van der Waals surface area contributed by atoms with Crippen LogP contribution in [0.4, 0.5) is 0 Å². The van der Waals surface area contributed by atoms with Gasteiger partial charge in [-0.2, -0.15) is 0 Å². The summed E-state index contributed by atoms with van der Waals surface area (Å²) < 4.78 is 0. The zero-order valence-electron chi connectivity index (χ0n) is 9.45. The van der Waals surface area contributed by atoms with E-state index in [1.165, 1.54) is 4.90 Å². The van der Waals surface area contributed by atoms with E-state index >= 15 is 0 Å². The zero-order chi connectivity index (χ0) is 11.3. The summed E-state index contributed by atoms with van der Waals surface area (Å²) in [5.74, 6) is 0.149. The number of likely N-dealkylation sites (tertiary alicyclic amines) is 1. The fraction of sp³-hybridized carbons (Fsp3) is 0.833. The standard InChI is InChI=1S/C12H18N2O2/c13-8-5-9(6-8)14-10(15)7-12(11(14)16)3-1-2-4-12/h8-9H,1-7,13H2. The molecule has 1 aliphatic heterocycles. The van der Waals surface area contributed by atoms with E-state index in [9.17, 15) is 9.59 Å². The lowest BCUT2D eigenvalue weighted by molar-refractivity contribution is -0.146. The van der Waals surface area contributed by atoms with Crippen molar-refractivity contribution in [3.05, 3.63) is 0 Å². The first kappa shape index (κ1) is 10.3.